The summed E-state index contributed by atoms with van der Waals surface area (Å²) in [4.78, 5) is 23.1. The SMILES string of the molecule is CC(C)C[C@@H](NC(=O)C(O)[C@@H](N)Cc1ccccc1)C(=O)O. The summed E-state index contributed by atoms with van der Waals surface area (Å²) >= 11 is 0. The lowest BCUT2D eigenvalue weighted by Crippen LogP contribution is -2.52. The van der Waals surface area contributed by atoms with Crippen molar-refractivity contribution in [2.24, 2.45) is 11.7 Å². The number of carbonyl (C=O) groups excluding carboxylic acids is 1. The second kappa shape index (κ2) is 8.51. The molecule has 6 nitrogen and oxygen atoms in total. The van der Waals surface area contributed by atoms with E-state index in [9.17, 15) is 14.7 Å². The summed E-state index contributed by atoms with van der Waals surface area (Å²) in [7, 11) is 0. The predicted octanol–water partition coefficient (Wildman–Crippen LogP) is 0.533. The maximum atomic E-state index is 12.0. The predicted molar refractivity (Wildman–Crippen MR) is 83.1 cm³/mol. The molecular formula is C16H24N2O4. The van der Waals surface area contributed by atoms with Crippen molar-refractivity contribution in [1.29, 1.82) is 0 Å². The molecule has 5 N–H and O–H groups in total. The Kier molecular flexibility index (Phi) is 7.01. The van der Waals surface area contributed by atoms with Crippen molar-refractivity contribution in [3.05, 3.63) is 35.9 Å². The van der Waals surface area contributed by atoms with Crippen molar-refractivity contribution < 1.29 is 19.8 Å². The van der Waals surface area contributed by atoms with Gasteiger partial charge in [0.2, 0.25) is 0 Å². The van der Waals surface area contributed by atoms with Crippen molar-refractivity contribution in [2.45, 2.75) is 44.9 Å². The molecule has 0 saturated heterocycles. The third-order valence-electron chi connectivity index (χ3n) is 3.31. The van der Waals surface area contributed by atoms with Crippen LogP contribution in [0.2, 0.25) is 0 Å². The molecule has 0 aliphatic rings. The van der Waals surface area contributed by atoms with Crippen molar-refractivity contribution in [3.8, 4) is 0 Å². The van der Waals surface area contributed by atoms with E-state index < -0.39 is 30.1 Å². The lowest BCUT2D eigenvalue weighted by molar-refractivity contribution is -0.144. The highest BCUT2D eigenvalue weighted by Gasteiger charge is 2.28. The van der Waals surface area contributed by atoms with E-state index in [1.54, 1.807) is 0 Å². The first-order valence-corrected chi connectivity index (χ1v) is 7.32. The number of aliphatic hydroxyl groups is 1. The number of nitrogens with one attached hydrogen (secondary N) is 1. The summed E-state index contributed by atoms with van der Waals surface area (Å²) < 4.78 is 0. The average molecular weight is 308 g/mol. The fraction of sp³-hybridized carbons (Fsp3) is 0.500. The van der Waals surface area contributed by atoms with Crippen LogP contribution in [0.3, 0.4) is 0 Å². The van der Waals surface area contributed by atoms with Crippen molar-refractivity contribution in [1.82, 2.24) is 5.32 Å². The summed E-state index contributed by atoms with van der Waals surface area (Å²) in [5.41, 5.74) is 6.75. The summed E-state index contributed by atoms with van der Waals surface area (Å²) in [6.45, 7) is 3.72. The number of amides is 1. The van der Waals surface area contributed by atoms with Gasteiger partial charge in [-0.2, -0.15) is 0 Å². The molecule has 0 bridgehead atoms. The molecule has 0 aliphatic heterocycles. The van der Waals surface area contributed by atoms with Gasteiger partial charge in [0, 0.05) is 6.04 Å². The smallest absolute Gasteiger partial charge is 0.326 e. The van der Waals surface area contributed by atoms with Crippen LogP contribution in [-0.2, 0) is 16.0 Å². The van der Waals surface area contributed by atoms with Crippen LogP contribution < -0.4 is 11.1 Å². The van der Waals surface area contributed by atoms with Gasteiger partial charge in [-0.1, -0.05) is 44.2 Å². The van der Waals surface area contributed by atoms with E-state index in [1.165, 1.54) is 0 Å². The van der Waals surface area contributed by atoms with Crippen LogP contribution >= 0.6 is 0 Å². The minimum absolute atomic E-state index is 0.108. The van der Waals surface area contributed by atoms with E-state index in [1.807, 2.05) is 44.2 Å². The number of carboxylic acids is 1. The average Bonchev–Trinajstić information content (AvgIpc) is 2.46. The van der Waals surface area contributed by atoms with Gasteiger partial charge in [-0.3, -0.25) is 4.79 Å². The summed E-state index contributed by atoms with van der Waals surface area (Å²) in [5.74, 6) is -1.76. The molecule has 1 rings (SSSR count). The minimum Gasteiger partial charge on any atom is -0.480 e. The molecular weight excluding hydrogens is 284 g/mol. The molecule has 0 aliphatic carbocycles. The first-order valence-electron chi connectivity index (χ1n) is 7.32. The number of aliphatic hydroxyl groups excluding tert-OH is 1. The van der Waals surface area contributed by atoms with Gasteiger partial charge in [-0.05, 0) is 24.3 Å². The number of rotatable bonds is 8. The van der Waals surface area contributed by atoms with E-state index in [2.05, 4.69) is 5.32 Å². The van der Waals surface area contributed by atoms with Gasteiger partial charge < -0.3 is 21.3 Å². The highest BCUT2D eigenvalue weighted by Crippen LogP contribution is 2.08. The number of benzene rings is 1. The van der Waals surface area contributed by atoms with E-state index in [-0.39, 0.29) is 5.92 Å². The van der Waals surface area contributed by atoms with Gasteiger partial charge in [0.1, 0.15) is 12.1 Å². The standard InChI is InChI=1S/C16H24N2O4/c1-10(2)8-13(16(21)22)18-15(20)14(19)12(17)9-11-6-4-3-5-7-11/h3-7,10,12-14,19H,8-9,17H2,1-2H3,(H,18,20)(H,21,22)/t12-,13+,14?/m0/s1. The van der Waals surface area contributed by atoms with Crippen LogP contribution in [0.15, 0.2) is 30.3 Å². The third-order valence-corrected chi connectivity index (χ3v) is 3.31. The fourth-order valence-corrected chi connectivity index (χ4v) is 2.14. The molecule has 0 radical (unpaired) electrons. The van der Waals surface area contributed by atoms with Gasteiger partial charge in [-0.15, -0.1) is 0 Å². The van der Waals surface area contributed by atoms with E-state index in [4.69, 9.17) is 10.8 Å². The van der Waals surface area contributed by atoms with Crippen molar-refractivity contribution >= 4 is 11.9 Å². The Hall–Kier alpha value is -1.92. The molecule has 0 aromatic heterocycles. The fourth-order valence-electron chi connectivity index (χ4n) is 2.14. The molecule has 0 saturated carbocycles. The van der Waals surface area contributed by atoms with Gasteiger partial charge in [-0.25, -0.2) is 4.79 Å². The maximum Gasteiger partial charge on any atom is 0.326 e. The number of aliphatic carboxylic acids is 1. The third kappa shape index (κ3) is 5.83. The van der Waals surface area contributed by atoms with Crippen LogP contribution in [0.1, 0.15) is 25.8 Å². The molecule has 0 spiro atoms. The molecule has 0 fully saturated rings. The van der Waals surface area contributed by atoms with Crippen LogP contribution in [-0.4, -0.2) is 40.3 Å². The number of nitrogens with two attached hydrogens (primary N) is 1. The minimum atomic E-state index is -1.45. The Morgan fingerprint density at radius 2 is 1.82 bits per heavy atom. The molecule has 22 heavy (non-hydrogen) atoms. The van der Waals surface area contributed by atoms with E-state index >= 15 is 0 Å². The van der Waals surface area contributed by atoms with Gasteiger partial charge in [0.25, 0.3) is 5.91 Å². The lowest BCUT2D eigenvalue weighted by Gasteiger charge is -2.22. The second-order valence-electron chi connectivity index (χ2n) is 5.83. The van der Waals surface area contributed by atoms with Crippen LogP contribution in [0.25, 0.3) is 0 Å². The number of carbonyl (C=O) groups is 2. The Morgan fingerprint density at radius 3 is 2.32 bits per heavy atom. The lowest BCUT2D eigenvalue weighted by atomic mass is 10.00. The Morgan fingerprint density at radius 1 is 1.23 bits per heavy atom. The largest absolute Gasteiger partial charge is 0.480 e. The maximum absolute atomic E-state index is 12.0. The first kappa shape index (κ1) is 18.1. The molecule has 1 aromatic rings. The zero-order chi connectivity index (χ0) is 16.7. The Bertz CT molecular complexity index is 490. The topological polar surface area (TPSA) is 113 Å². The normalized spacial score (nSPS) is 15.1. The highest BCUT2D eigenvalue weighted by molar-refractivity contribution is 5.86. The quantitative estimate of drug-likeness (QED) is 0.559. The van der Waals surface area contributed by atoms with Gasteiger partial charge in [0.15, 0.2) is 0 Å². The molecule has 6 heteroatoms. The second-order valence-corrected chi connectivity index (χ2v) is 5.83. The van der Waals surface area contributed by atoms with Crippen LogP contribution in [0.4, 0.5) is 0 Å². The van der Waals surface area contributed by atoms with Crippen molar-refractivity contribution in [3.63, 3.8) is 0 Å². The molecule has 1 amide bonds. The molecule has 0 heterocycles. The molecule has 1 aromatic carbocycles. The monoisotopic (exact) mass is 308 g/mol. The number of hydrogen-bond acceptors (Lipinski definition) is 4. The van der Waals surface area contributed by atoms with Crippen molar-refractivity contribution in [2.75, 3.05) is 0 Å². The number of carboxylic acid groups (broad SMARTS) is 1. The first-order chi connectivity index (χ1) is 10.3. The zero-order valence-electron chi connectivity index (χ0n) is 12.9. The highest BCUT2D eigenvalue weighted by atomic mass is 16.4. The van der Waals surface area contributed by atoms with Crippen LogP contribution in [0.5, 0.6) is 0 Å². The van der Waals surface area contributed by atoms with Crippen LogP contribution in [0, 0.1) is 5.92 Å². The van der Waals surface area contributed by atoms with Gasteiger partial charge in [0.05, 0.1) is 0 Å². The zero-order valence-corrected chi connectivity index (χ0v) is 12.9. The molecule has 122 valence electrons. The van der Waals surface area contributed by atoms with E-state index in [0.29, 0.717) is 12.8 Å². The summed E-state index contributed by atoms with van der Waals surface area (Å²) in [6, 6.07) is 7.44. The molecule has 1 unspecified atom stereocenters. The summed E-state index contributed by atoms with van der Waals surface area (Å²) in [5, 5.41) is 21.4. The van der Waals surface area contributed by atoms with E-state index in [0.717, 1.165) is 5.56 Å². The number of hydrogen-bond donors (Lipinski definition) is 4. The molecule has 3 atom stereocenters. The van der Waals surface area contributed by atoms with Gasteiger partial charge >= 0.3 is 5.97 Å². The summed E-state index contributed by atoms with van der Waals surface area (Å²) in [6.07, 6.45) is -0.826. The Labute approximate surface area is 130 Å². The Balaban J connectivity index is 2.61.